The average molecular weight is 347 g/mol. The third-order valence-electron chi connectivity index (χ3n) is 3.20. The largest absolute Gasteiger partial charge is 0.378 e. The summed E-state index contributed by atoms with van der Waals surface area (Å²) in [6, 6.07) is 16.2. The number of halogens is 1. The van der Waals surface area contributed by atoms with Crippen LogP contribution in [0, 0.1) is 0 Å². The van der Waals surface area contributed by atoms with Crippen LogP contribution in [0.5, 0.6) is 0 Å². The molecule has 0 aliphatic carbocycles. The quantitative estimate of drug-likeness (QED) is 0.802. The second-order valence-electron chi connectivity index (χ2n) is 4.90. The molecule has 3 nitrogen and oxygen atoms in total. The van der Waals surface area contributed by atoms with Gasteiger partial charge in [-0.05, 0) is 42.8 Å². The van der Waals surface area contributed by atoms with Crippen molar-refractivity contribution in [3.05, 3.63) is 58.6 Å². The van der Waals surface area contributed by atoms with Crippen LogP contribution in [-0.4, -0.2) is 5.91 Å². The van der Waals surface area contributed by atoms with Gasteiger partial charge in [-0.15, -0.1) is 0 Å². The first kappa shape index (κ1) is 15.6. The van der Waals surface area contributed by atoms with Gasteiger partial charge in [-0.2, -0.15) is 0 Å². The van der Waals surface area contributed by atoms with Crippen LogP contribution in [0.4, 0.5) is 11.4 Å². The Morgan fingerprint density at radius 1 is 1.14 bits per heavy atom. The molecule has 0 spiro atoms. The minimum Gasteiger partial charge on any atom is -0.378 e. The Kier molecular flexibility index (Phi) is 5.39. The van der Waals surface area contributed by atoms with Crippen LogP contribution >= 0.6 is 15.9 Å². The fourth-order valence-corrected chi connectivity index (χ4v) is 2.46. The summed E-state index contributed by atoms with van der Waals surface area (Å²) in [4.78, 5) is 11.4. The SMILES string of the molecule is CCC(=O)Nc1cccc(NC(C)c2cccc(Br)c2)c1. The molecule has 0 saturated heterocycles. The monoisotopic (exact) mass is 346 g/mol. The molecule has 2 rings (SSSR count). The van der Waals surface area contributed by atoms with Crippen molar-refractivity contribution >= 4 is 33.2 Å². The van der Waals surface area contributed by atoms with E-state index < -0.39 is 0 Å². The lowest BCUT2D eigenvalue weighted by Crippen LogP contribution is -2.10. The highest BCUT2D eigenvalue weighted by Gasteiger charge is 2.06. The first-order valence-corrected chi connectivity index (χ1v) is 7.79. The van der Waals surface area contributed by atoms with Crippen LogP contribution in [0.15, 0.2) is 53.0 Å². The number of carbonyl (C=O) groups excluding carboxylic acids is 1. The molecule has 1 amide bonds. The molecular formula is C17H19BrN2O. The van der Waals surface area contributed by atoms with Crippen molar-refractivity contribution < 1.29 is 4.79 Å². The van der Waals surface area contributed by atoms with Gasteiger partial charge in [0, 0.05) is 28.3 Å². The van der Waals surface area contributed by atoms with E-state index in [2.05, 4.69) is 45.6 Å². The van der Waals surface area contributed by atoms with E-state index in [0.29, 0.717) is 6.42 Å². The molecular weight excluding hydrogens is 328 g/mol. The Morgan fingerprint density at radius 2 is 1.86 bits per heavy atom. The zero-order valence-corrected chi connectivity index (χ0v) is 13.8. The molecule has 0 saturated carbocycles. The molecule has 0 heterocycles. The molecule has 0 aliphatic heterocycles. The van der Waals surface area contributed by atoms with Crippen molar-refractivity contribution in [2.45, 2.75) is 26.3 Å². The van der Waals surface area contributed by atoms with Gasteiger partial charge in [-0.25, -0.2) is 0 Å². The third-order valence-corrected chi connectivity index (χ3v) is 3.69. The van der Waals surface area contributed by atoms with Gasteiger partial charge in [-0.3, -0.25) is 4.79 Å². The summed E-state index contributed by atoms with van der Waals surface area (Å²) in [5.41, 5.74) is 3.00. The van der Waals surface area contributed by atoms with E-state index in [1.165, 1.54) is 5.56 Å². The van der Waals surface area contributed by atoms with Gasteiger partial charge in [0.1, 0.15) is 0 Å². The van der Waals surface area contributed by atoms with Crippen LogP contribution < -0.4 is 10.6 Å². The summed E-state index contributed by atoms with van der Waals surface area (Å²) >= 11 is 3.49. The predicted octanol–water partition coefficient (Wildman–Crippen LogP) is 4.97. The number of hydrogen-bond donors (Lipinski definition) is 2. The zero-order valence-electron chi connectivity index (χ0n) is 12.2. The third kappa shape index (κ3) is 4.60. The maximum absolute atomic E-state index is 11.4. The van der Waals surface area contributed by atoms with Crippen molar-refractivity contribution in [3.63, 3.8) is 0 Å². The highest BCUT2D eigenvalue weighted by Crippen LogP contribution is 2.23. The second-order valence-corrected chi connectivity index (χ2v) is 5.82. The summed E-state index contributed by atoms with van der Waals surface area (Å²) in [7, 11) is 0. The van der Waals surface area contributed by atoms with Crippen molar-refractivity contribution in [1.82, 2.24) is 0 Å². The van der Waals surface area contributed by atoms with E-state index in [1.807, 2.05) is 43.3 Å². The number of nitrogens with one attached hydrogen (secondary N) is 2. The van der Waals surface area contributed by atoms with Crippen molar-refractivity contribution in [1.29, 1.82) is 0 Å². The maximum atomic E-state index is 11.4. The first-order chi connectivity index (χ1) is 10.1. The molecule has 110 valence electrons. The molecule has 0 bridgehead atoms. The molecule has 0 aliphatic rings. The molecule has 1 unspecified atom stereocenters. The van der Waals surface area contributed by atoms with Crippen LogP contribution in [0.2, 0.25) is 0 Å². The molecule has 2 aromatic carbocycles. The predicted molar refractivity (Wildman–Crippen MR) is 91.5 cm³/mol. The zero-order chi connectivity index (χ0) is 15.2. The topological polar surface area (TPSA) is 41.1 Å². The van der Waals surface area contributed by atoms with Gasteiger partial charge in [-0.1, -0.05) is 41.1 Å². The summed E-state index contributed by atoms with van der Waals surface area (Å²) in [5.74, 6) is 0.0205. The Balaban J connectivity index is 2.08. The molecule has 2 aromatic rings. The van der Waals surface area contributed by atoms with Crippen LogP contribution in [0.3, 0.4) is 0 Å². The van der Waals surface area contributed by atoms with Crippen LogP contribution in [0.1, 0.15) is 31.9 Å². The molecule has 2 N–H and O–H groups in total. The van der Waals surface area contributed by atoms with Crippen LogP contribution in [-0.2, 0) is 4.79 Å². The van der Waals surface area contributed by atoms with Crippen molar-refractivity contribution in [2.75, 3.05) is 10.6 Å². The standard InChI is InChI=1S/C17H19BrN2O/c1-3-17(21)20-16-9-5-8-15(11-16)19-12(2)13-6-4-7-14(18)10-13/h4-12,19H,3H2,1-2H3,(H,20,21). The maximum Gasteiger partial charge on any atom is 0.224 e. The minimum absolute atomic E-state index is 0.0205. The number of carbonyl (C=O) groups is 1. The number of rotatable bonds is 5. The molecule has 0 radical (unpaired) electrons. The molecule has 0 fully saturated rings. The van der Waals surface area contributed by atoms with Gasteiger partial charge in [0.15, 0.2) is 0 Å². The Hall–Kier alpha value is -1.81. The van der Waals surface area contributed by atoms with Crippen molar-refractivity contribution in [2.24, 2.45) is 0 Å². The van der Waals surface area contributed by atoms with Gasteiger partial charge < -0.3 is 10.6 Å². The normalized spacial score (nSPS) is 11.8. The van der Waals surface area contributed by atoms with Gasteiger partial charge in [0.05, 0.1) is 0 Å². The van der Waals surface area contributed by atoms with E-state index in [4.69, 9.17) is 0 Å². The number of benzene rings is 2. The van der Waals surface area contributed by atoms with E-state index in [0.717, 1.165) is 15.8 Å². The summed E-state index contributed by atoms with van der Waals surface area (Å²) in [6.45, 7) is 3.95. The Morgan fingerprint density at radius 3 is 2.57 bits per heavy atom. The van der Waals surface area contributed by atoms with Crippen molar-refractivity contribution in [3.8, 4) is 0 Å². The van der Waals surface area contributed by atoms with Gasteiger partial charge >= 0.3 is 0 Å². The second kappa shape index (κ2) is 7.27. The van der Waals surface area contributed by atoms with E-state index in [9.17, 15) is 4.79 Å². The Bertz CT molecular complexity index is 628. The smallest absolute Gasteiger partial charge is 0.224 e. The summed E-state index contributed by atoms with van der Waals surface area (Å²) in [5, 5.41) is 6.31. The Labute approximate surface area is 133 Å². The summed E-state index contributed by atoms with van der Waals surface area (Å²) < 4.78 is 1.07. The molecule has 21 heavy (non-hydrogen) atoms. The average Bonchev–Trinajstić information content (AvgIpc) is 2.47. The molecule has 0 aromatic heterocycles. The fourth-order valence-electron chi connectivity index (χ4n) is 2.05. The highest BCUT2D eigenvalue weighted by molar-refractivity contribution is 9.10. The van der Waals surface area contributed by atoms with E-state index in [1.54, 1.807) is 0 Å². The molecule has 4 heteroatoms. The van der Waals surface area contributed by atoms with Crippen LogP contribution in [0.25, 0.3) is 0 Å². The first-order valence-electron chi connectivity index (χ1n) is 7.00. The summed E-state index contributed by atoms with van der Waals surface area (Å²) in [6.07, 6.45) is 0.478. The van der Waals surface area contributed by atoms with Gasteiger partial charge in [0.2, 0.25) is 5.91 Å². The highest BCUT2D eigenvalue weighted by atomic mass is 79.9. The number of hydrogen-bond acceptors (Lipinski definition) is 2. The van der Waals surface area contributed by atoms with E-state index in [-0.39, 0.29) is 11.9 Å². The number of amides is 1. The fraction of sp³-hybridized carbons (Fsp3) is 0.235. The lowest BCUT2D eigenvalue weighted by atomic mass is 10.1. The molecule has 1 atom stereocenters. The number of anilines is 2. The van der Waals surface area contributed by atoms with E-state index >= 15 is 0 Å². The lowest BCUT2D eigenvalue weighted by molar-refractivity contribution is -0.115. The minimum atomic E-state index is 0.0205. The van der Waals surface area contributed by atoms with Gasteiger partial charge in [0.25, 0.3) is 0 Å². The lowest BCUT2D eigenvalue weighted by Gasteiger charge is -2.17.